The van der Waals surface area contributed by atoms with Crippen LogP contribution in [0.5, 0.6) is 0 Å². The molecule has 0 bridgehead atoms. The Bertz CT molecular complexity index is 492. The van der Waals surface area contributed by atoms with Crippen LogP contribution in [-0.4, -0.2) is 54.0 Å². The standard InChI is InChI=1S/C9H11N5O3S2/c15-7(16)5-3-18-6(4-1-2-4)14(5)9(17)10-8-11-12-13-19-8/h4-6H,1-3H2,(H,15,16)(H,10,11,13,17). The summed E-state index contributed by atoms with van der Waals surface area (Å²) >= 11 is 2.49. The summed E-state index contributed by atoms with van der Waals surface area (Å²) in [6.07, 6.45) is 2.10. The minimum absolute atomic E-state index is 0.0537. The SMILES string of the molecule is O=C(O)C1CSC(C2CC2)N1C(=O)Nc1nnns1. The van der Waals surface area contributed by atoms with Gasteiger partial charge in [0.2, 0.25) is 5.13 Å². The number of aromatic nitrogens is 3. The molecule has 1 aromatic heterocycles. The lowest BCUT2D eigenvalue weighted by atomic mass is 10.2. The Balaban J connectivity index is 1.76. The van der Waals surface area contributed by atoms with Gasteiger partial charge in [-0.2, -0.15) is 0 Å². The average Bonchev–Trinajstić information content (AvgIpc) is 2.91. The summed E-state index contributed by atoms with van der Waals surface area (Å²) in [5.74, 6) is -0.132. The second-order valence-electron chi connectivity index (χ2n) is 4.42. The first-order valence-corrected chi connectivity index (χ1v) is 7.58. The number of hydrogen-bond acceptors (Lipinski definition) is 7. The van der Waals surface area contributed by atoms with Gasteiger partial charge in [-0.25, -0.2) is 9.59 Å². The first-order chi connectivity index (χ1) is 9.16. The van der Waals surface area contributed by atoms with Gasteiger partial charge in [0, 0.05) is 17.3 Å². The van der Waals surface area contributed by atoms with E-state index in [0.717, 1.165) is 24.4 Å². The number of aliphatic carboxylic acids is 1. The highest BCUT2D eigenvalue weighted by Crippen LogP contribution is 2.45. The van der Waals surface area contributed by atoms with Crippen LogP contribution >= 0.6 is 23.3 Å². The number of anilines is 1. The quantitative estimate of drug-likeness (QED) is 0.846. The number of urea groups is 1. The Morgan fingerprint density at radius 1 is 1.42 bits per heavy atom. The zero-order valence-corrected chi connectivity index (χ0v) is 11.4. The summed E-state index contributed by atoms with van der Waals surface area (Å²) in [5, 5.41) is 19.0. The van der Waals surface area contributed by atoms with Gasteiger partial charge >= 0.3 is 12.0 Å². The average molecular weight is 301 g/mol. The number of carboxylic acid groups (broad SMARTS) is 1. The number of hydrogen-bond donors (Lipinski definition) is 2. The topological polar surface area (TPSA) is 108 Å². The first kappa shape index (κ1) is 12.6. The van der Waals surface area contributed by atoms with Crippen molar-refractivity contribution >= 4 is 40.4 Å². The van der Waals surface area contributed by atoms with Crippen molar-refractivity contribution in [3.63, 3.8) is 0 Å². The number of nitrogens with zero attached hydrogens (tertiary/aromatic N) is 4. The number of carbonyl (C=O) groups excluding carboxylic acids is 1. The molecule has 2 amide bonds. The monoisotopic (exact) mass is 301 g/mol. The summed E-state index contributed by atoms with van der Waals surface area (Å²) in [7, 11) is 0. The van der Waals surface area contributed by atoms with E-state index in [4.69, 9.17) is 0 Å². The second kappa shape index (κ2) is 4.93. The molecule has 1 saturated carbocycles. The summed E-state index contributed by atoms with van der Waals surface area (Å²) in [6, 6.07) is -1.22. The molecule has 1 saturated heterocycles. The van der Waals surface area contributed by atoms with Crippen molar-refractivity contribution in [2.45, 2.75) is 24.3 Å². The number of carboxylic acids is 1. The summed E-state index contributed by atoms with van der Waals surface area (Å²) in [4.78, 5) is 24.9. The molecular weight excluding hydrogens is 290 g/mol. The molecule has 0 spiro atoms. The zero-order chi connectivity index (χ0) is 13.4. The van der Waals surface area contributed by atoms with Crippen LogP contribution in [0.25, 0.3) is 0 Å². The van der Waals surface area contributed by atoms with Gasteiger partial charge in [-0.15, -0.1) is 11.8 Å². The molecule has 1 aromatic rings. The number of carbonyl (C=O) groups is 2. The van der Waals surface area contributed by atoms with E-state index in [9.17, 15) is 14.7 Å². The Hall–Kier alpha value is -1.42. The Morgan fingerprint density at radius 2 is 2.21 bits per heavy atom. The minimum atomic E-state index is -0.971. The van der Waals surface area contributed by atoms with Crippen LogP contribution in [-0.2, 0) is 4.79 Å². The maximum absolute atomic E-state index is 12.2. The van der Waals surface area contributed by atoms with Crippen LogP contribution in [0.15, 0.2) is 0 Å². The molecule has 2 unspecified atom stereocenters. The van der Waals surface area contributed by atoms with E-state index in [-0.39, 0.29) is 10.5 Å². The van der Waals surface area contributed by atoms with Crippen LogP contribution in [0.2, 0.25) is 0 Å². The summed E-state index contributed by atoms with van der Waals surface area (Å²) < 4.78 is 3.55. The number of nitrogens with one attached hydrogen (secondary N) is 1. The van der Waals surface area contributed by atoms with Gasteiger partial charge in [-0.05, 0) is 24.0 Å². The first-order valence-electron chi connectivity index (χ1n) is 5.75. The van der Waals surface area contributed by atoms with E-state index in [0.29, 0.717) is 11.7 Å². The summed E-state index contributed by atoms with van der Waals surface area (Å²) in [6.45, 7) is 0. The normalized spacial score (nSPS) is 26.4. The molecule has 8 nitrogen and oxygen atoms in total. The van der Waals surface area contributed by atoms with E-state index >= 15 is 0 Å². The fourth-order valence-corrected chi connectivity index (χ4v) is 4.04. The highest BCUT2D eigenvalue weighted by atomic mass is 32.2. The van der Waals surface area contributed by atoms with Gasteiger partial charge in [0.1, 0.15) is 6.04 Å². The highest BCUT2D eigenvalue weighted by molar-refractivity contribution is 8.00. The maximum atomic E-state index is 12.2. The van der Waals surface area contributed by atoms with Crippen molar-refractivity contribution in [1.82, 2.24) is 19.7 Å². The lowest BCUT2D eigenvalue weighted by molar-refractivity contribution is -0.141. The molecule has 0 aromatic carbocycles. The molecule has 2 N–H and O–H groups in total. The number of rotatable bonds is 3. The van der Waals surface area contributed by atoms with Crippen molar-refractivity contribution < 1.29 is 14.7 Å². The molecule has 2 aliphatic rings. The Labute approximate surface area is 116 Å². The largest absolute Gasteiger partial charge is 0.480 e. The van der Waals surface area contributed by atoms with E-state index in [2.05, 4.69) is 20.1 Å². The summed E-state index contributed by atoms with van der Waals surface area (Å²) in [5.41, 5.74) is 0. The lowest BCUT2D eigenvalue weighted by Gasteiger charge is -2.26. The minimum Gasteiger partial charge on any atom is -0.480 e. The molecule has 0 radical (unpaired) electrons. The van der Waals surface area contributed by atoms with E-state index in [1.165, 1.54) is 16.7 Å². The van der Waals surface area contributed by atoms with Gasteiger partial charge in [-0.1, -0.05) is 9.59 Å². The van der Waals surface area contributed by atoms with Crippen LogP contribution in [0.3, 0.4) is 0 Å². The fraction of sp³-hybridized carbons (Fsp3) is 0.667. The third kappa shape index (κ3) is 2.50. The maximum Gasteiger partial charge on any atom is 0.327 e. The van der Waals surface area contributed by atoms with Gasteiger partial charge in [0.05, 0.1) is 5.37 Å². The molecule has 2 heterocycles. The van der Waals surface area contributed by atoms with Gasteiger partial charge in [0.25, 0.3) is 0 Å². The van der Waals surface area contributed by atoms with Gasteiger partial charge in [-0.3, -0.25) is 10.2 Å². The molecule has 2 atom stereocenters. The van der Waals surface area contributed by atoms with Crippen LogP contribution < -0.4 is 5.32 Å². The Kier molecular flexibility index (Phi) is 3.27. The van der Waals surface area contributed by atoms with Crippen LogP contribution in [0, 0.1) is 5.92 Å². The van der Waals surface area contributed by atoms with E-state index in [1.54, 1.807) is 0 Å². The molecule has 1 aliphatic heterocycles. The smallest absolute Gasteiger partial charge is 0.327 e. The molecule has 2 fully saturated rings. The zero-order valence-electron chi connectivity index (χ0n) is 9.72. The highest BCUT2D eigenvalue weighted by Gasteiger charge is 2.48. The van der Waals surface area contributed by atoms with Crippen molar-refractivity contribution in [3.05, 3.63) is 0 Å². The third-order valence-corrected chi connectivity index (χ3v) is 5.07. The number of thioether (sulfide) groups is 1. The van der Waals surface area contributed by atoms with Crippen molar-refractivity contribution in [2.24, 2.45) is 5.92 Å². The van der Waals surface area contributed by atoms with Crippen molar-refractivity contribution in [2.75, 3.05) is 11.1 Å². The van der Waals surface area contributed by atoms with Gasteiger partial charge in [0.15, 0.2) is 0 Å². The molecule has 19 heavy (non-hydrogen) atoms. The molecule has 1 aliphatic carbocycles. The predicted octanol–water partition coefficient (Wildman–Crippen LogP) is 0.703. The molecule has 10 heteroatoms. The van der Waals surface area contributed by atoms with E-state index < -0.39 is 18.0 Å². The third-order valence-electron chi connectivity index (χ3n) is 3.09. The predicted molar refractivity (Wildman–Crippen MR) is 69.0 cm³/mol. The fourth-order valence-electron chi connectivity index (χ4n) is 2.06. The van der Waals surface area contributed by atoms with Crippen LogP contribution in [0.1, 0.15) is 12.8 Å². The number of amides is 2. The molecule has 3 rings (SSSR count). The van der Waals surface area contributed by atoms with Crippen molar-refractivity contribution in [3.8, 4) is 0 Å². The lowest BCUT2D eigenvalue weighted by Crippen LogP contribution is -2.48. The van der Waals surface area contributed by atoms with E-state index in [1.807, 2.05) is 0 Å². The van der Waals surface area contributed by atoms with Crippen LogP contribution in [0.4, 0.5) is 9.93 Å². The Morgan fingerprint density at radius 3 is 2.79 bits per heavy atom. The van der Waals surface area contributed by atoms with Gasteiger partial charge < -0.3 is 5.11 Å². The molecular formula is C9H11N5O3S2. The van der Waals surface area contributed by atoms with Crippen molar-refractivity contribution in [1.29, 1.82) is 0 Å². The molecule has 102 valence electrons. The second-order valence-corrected chi connectivity index (χ2v) is 6.30.